The summed E-state index contributed by atoms with van der Waals surface area (Å²) in [5.41, 5.74) is 0. The van der Waals surface area contributed by atoms with E-state index in [1.807, 2.05) is 20.8 Å². The first-order valence-corrected chi connectivity index (χ1v) is 30.0. The van der Waals surface area contributed by atoms with Gasteiger partial charge in [-0.15, -0.1) is 13.2 Å². The number of unbranched alkanes of at least 4 members (excludes halogenated alkanes) is 1. The number of allylic oxidation sites excluding steroid dienone is 1. The number of hydrogen-bond donors (Lipinski definition) is 1. The highest BCUT2D eigenvalue weighted by molar-refractivity contribution is 6.60. The van der Waals surface area contributed by atoms with Gasteiger partial charge >= 0.3 is 138 Å². The third-order valence-electron chi connectivity index (χ3n) is 11.0. The molecule has 0 aliphatic heterocycles. The Labute approximate surface area is 546 Å². The molecule has 0 aromatic rings. The molecule has 0 amide bonds. The number of aliphatic hydroxyl groups is 1. The number of carbonyl (C=O) groups is 2. The Morgan fingerprint density at radius 2 is 0.663 bits per heavy atom. The van der Waals surface area contributed by atoms with Gasteiger partial charge in [-0.2, -0.15) is 171 Å². The summed E-state index contributed by atoms with van der Waals surface area (Å²) in [5, 5.41) is 7.70. The van der Waals surface area contributed by atoms with Crippen LogP contribution in [0, 0.1) is 0 Å². The van der Waals surface area contributed by atoms with Crippen LogP contribution in [0.25, 0.3) is 0 Å². The number of halogens is 39. The van der Waals surface area contributed by atoms with Gasteiger partial charge in [0.1, 0.15) is 6.61 Å². The zero-order valence-corrected chi connectivity index (χ0v) is 53.7. The SMILES string of the molecule is C=CCCC(=O)OCC(F)(F)C(F)(F)C(F)(F)C(F)(F)C(F)(F)C(F)(F)F.C=CCN=C=O.CCO[SiH](OCC)OCC.CCO[Si](CCCCC(=O)OCC(F)(F)C(F)(F)C(F)(F)C(F)(F)C(F)(F)C(F)(F)F)(OCC)OCC.OCC(F)(F)C(F)(F)C(F)(F)C(F)(F)C(F)(F)C(F)(F)F. The summed E-state index contributed by atoms with van der Waals surface area (Å²) < 4.78 is 534. The average Bonchev–Trinajstić information content (AvgIpc) is 0.728. The number of ether oxygens (including phenoxy) is 2. The Bertz CT molecular complexity index is 2480. The lowest BCUT2D eigenvalue weighted by molar-refractivity contribution is -0.441. The second-order valence-electron chi connectivity index (χ2n) is 18.4. The zero-order chi connectivity index (χ0) is 82.0. The summed E-state index contributed by atoms with van der Waals surface area (Å²) in [4.78, 5) is 34.8. The molecule has 0 aromatic heterocycles. The number of isocyanates is 1. The maximum atomic E-state index is 13.7. The van der Waals surface area contributed by atoms with E-state index in [1.165, 1.54) is 12.2 Å². The lowest BCUT2D eigenvalue weighted by atomic mass is 9.94. The molecule has 0 saturated heterocycles. The topological polar surface area (TPSA) is 158 Å². The summed E-state index contributed by atoms with van der Waals surface area (Å²) in [5.74, 6) is -116. The van der Waals surface area contributed by atoms with Gasteiger partial charge in [0.05, 0.1) is 6.54 Å². The van der Waals surface area contributed by atoms with E-state index in [4.69, 9.17) is 31.7 Å². The minimum absolute atomic E-state index is 0.0741. The van der Waals surface area contributed by atoms with Gasteiger partial charge in [-0.05, 0) is 60.8 Å². The smallest absolute Gasteiger partial charge is 0.459 e. The third kappa shape index (κ3) is 25.2. The van der Waals surface area contributed by atoms with Crippen molar-refractivity contribution in [2.24, 2.45) is 4.99 Å². The van der Waals surface area contributed by atoms with Crippen LogP contribution in [-0.2, 0) is 50.4 Å². The van der Waals surface area contributed by atoms with E-state index in [0.29, 0.717) is 26.4 Å². The van der Waals surface area contributed by atoms with Crippen molar-refractivity contribution in [2.75, 3.05) is 66.0 Å². The van der Waals surface area contributed by atoms with Crippen LogP contribution in [0.2, 0.25) is 6.04 Å². The van der Waals surface area contributed by atoms with E-state index in [1.54, 1.807) is 20.8 Å². The van der Waals surface area contributed by atoms with Crippen LogP contribution in [0.15, 0.2) is 30.3 Å². The molecular weight excluding hydrogens is 1570 g/mol. The Hall–Kier alpha value is -4.78. The van der Waals surface area contributed by atoms with E-state index in [0.717, 1.165) is 6.08 Å². The van der Waals surface area contributed by atoms with Crippen LogP contribution in [-0.4, -0.2) is 215 Å². The number of hydrogen-bond acceptors (Lipinski definition) is 13. The van der Waals surface area contributed by atoms with Crippen molar-refractivity contribution < 1.29 is 227 Å². The van der Waals surface area contributed by atoms with Gasteiger partial charge in [0, 0.05) is 58.5 Å². The first-order valence-electron chi connectivity index (χ1n) is 26.6. The monoisotopic (exact) mass is 1630 g/mol. The molecule has 0 radical (unpaired) electrons. The Morgan fingerprint density at radius 3 is 0.881 bits per heavy atom. The van der Waals surface area contributed by atoms with Gasteiger partial charge in [-0.25, -0.2) is 9.79 Å². The van der Waals surface area contributed by atoms with Crippen molar-refractivity contribution in [3.05, 3.63) is 25.3 Å². The fourth-order valence-electron chi connectivity index (χ4n) is 5.66. The van der Waals surface area contributed by atoms with Crippen molar-refractivity contribution in [1.82, 2.24) is 0 Å². The molecule has 604 valence electrons. The van der Waals surface area contributed by atoms with Crippen molar-refractivity contribution in [3.63, 3.8) is 0 Å². The second-order valence-corrected chi connectivity index (χ2v) is 22.7. The molecule has 0 atom stereocenters. The second kappa shape index (κ2) is 39.5. The number of aliphatic imine (C=N–C) groups is 1. The van der Waals surface area contributed by atoms with Crippen LogP contribution < -0.4 is 0 Å². The molecule has 0 aliphatic rings. The van der Waals surface area contributed by atoms with E-state index in [9.17, 15) is 186 Å². The maximum absolute atomic E-state index is 13.7. The maximum Gasteiger partial charge on any atom is 0.500 e. The van der Waals surface area contributed by atoms with Crippen LogP contribution in [0.3, 0.4) is 0 Å². The fourth-order valence-corrected chi connectivity index (χ4v) is 9.45. The Balaban J connectivity index is -0.000000421. The summed E-state index contributed by atoms with van der Waals surface area (Å²) in [6.45, 7) is 10.9. The molecular formula is C47H58F39NO12Si2. The minimum Gasteiger partial charge on any atom is -0.459 e. The lowest BCUT2D eigenvalue weighted by Crippen LogP contribution is -2.70. The van der Waals surface area contributed by atoms with Crippen LogP contribution in [0.4, 0.5) is 171 Å². The van der Waals surface area contributed by atoms with Gasteiger partial charge in [-0.3, -0.25) is 9.59 Å². The van der Waals surface area contributed by atoms with Crippen LogP contribution in [0.5, 0.6) is 0 Å². The number of alkyl halides is 39. The molecule has 0 bridgehead atoms. The molecule has 0 aliphatic carbocycles. The van der Waals surface area contributed by atoms with Gasteiger partial charge in [0.2, 0.25) is 6.08 Å². The molecule has 0 fully saturated rings. The molecule has 0 spiro atoms. The summed E-state index contributed by atoms with van der Waals surface area (Å²) in [6.07, 6.45) is -20.4. The third-order valence-corrected chi connectivity index (χ3v) is 15.9. The summed E-state index contributed by atoms with van der Waals surface area (Å²) >= 11 is 0. The van der Waals surface area contributed by atoms with Crippen molar-refractivity contribution in [3.8, 4) is 0 Å². The molecule has 13 nitrogen and oxygen atoms in total. The molecule has 0 saturated carbocycles. The highest BCUT2D eigenvalue weighted by Gasteiger charge is 2.93. The van der Waals surface area contributed by atoms with Crippen molar-refractivity contribution in [2.45, 2.75) is 187 Å². The largest absolute Gasteiger partial charge is 0.500 e. The highest BCUT2D eigenvalue weighted by atomic mass is 28.4. The van der Waals surface area contributed by atoms with E-state index < -0.39 is 170 Å². The normalized spacial score (nSPS) is 14.2. The zero-order valence-electron chi connectivity index (χ0n) is 51.6. The van der Waals surface area contributed by atoms with Gasteiger partial charge in [0.25, 0.3) is 0 Å². The highest BCUT2D eigenvalue weighted by Crippen LogP contribution is 2.63. The van der Waals surface area contributed by atoms with Crippen molar-refractivity contribution in [1.29, 1.82) is 0 Å². The molecule has 1 N–H and O–H groups in total. The number of carbonyl (C=O) groups excluding carboxylic acids is 3. The van der Waals surface area contributed by atoms with Gasteiger partial charge in [0.15, 0.2) is 13.2 Å². The van der Waals surface area contributed by atoms with Gasteiger partial charge in [-0.1, -0.05) is 12.2 Å². The molecule has 0 unspecified atom stereocenters. The van der Waals surface area contributed by atoms with E-state index in [-0.39, 0.29) is 45.1 Å². The quantitative estimate of drug-likeness (QED) is 0.0118. The molecule has 0 heterocycles. The number of aliphatic hydroxyl groups excluding tert-OH is 1. The van der Waals surface area contributed by atoms with Gasteiger partial charge < -0.3 is 41.1 Å². The minimum atomic E-state index is -8.01. The molecule has 54 heteroatoms. The lowest BCUT2D eigenvalue weighted by Gasteiger charge is -2.39. The fraction of sp³-hybridized carbons (Fsp3) is 0.851. The van der Waals surface area contributed by atoms with E-state index >= 15 is 0 Å². The van der Waals surface area contributed by atoms with E-state index in [2.05, 4.69) is 27.6 Å². The number of esters is 2. The number of nitrogens with zero attached hydrogens (tertiary/aromatic N) is 1. The Kier molecular flexibility index (Phi) is 41.0. The predicted molar refractivity (Wildman–Crippen MR) is 265 cm³/mol. The van der Waals surface area contributed by atoms with Crippen LogP contribution in [0.1, 0.15) is 73.6 Å². The Morgan fingerprint density at radius 1 is 0.396 bits per heavy atom. The first kappa shape index (κ1) is 105. The average molecular weight is 1630 g/mol. The number of rotatable bonds is 39. The predicted octanol–water partition coefficient (Wildman–Crippen LogP) is 16.8. The van der Waals surface area contributed by atoms with Crippen molar-refractivity contribution >= 4 is 36.4 Å². The molecule has 101 heavy (non-hydrogen) atoms. The molecule has 0 aromatic carbocycles. The van der Waals surface area contributed by atoms with Crippen LogP contribution >= 0.6 is 0 Å². The first-order chi connectivity index (χ1) is 44.8. The summed E-state index contributed by atoms with van der Waals surface area (Å²) in [7, 11) is -4.91. The standard InChI is InChI=1S/C18H25F13O5Si.C12H9F13O2.C7H3F13O.C6H16O3Si.C4H5NO/c1-4-34-37(35-5-2,36-6-3)10-8-7-9-12(32)33-11-13(19,20)14(21,22)15(23,24)16(25,26)17(27,28)18(29,30)31;1-2-3-4-6(26)27-5-7(13,14)8(15,16)9(17,18)10(19,20)11(21,22)12(23,24)25;8-2(9,1-21)3(10,11)4(12,13)5(14,15)6(16,17)7(18,19)20;1-4-7-10(8-5-2)9-6-3;1-2-3-5-4-6/h4-11H2,1-3H3;2H,1,3-5H2;21H,1H2;10H,4-6H2,1-3H3;2H,1,3H2. The molecule has 0 rings (SSSR count). The summed E-state index contributed by atoms with van der Waals surface area (Å²) in [6, 6.07) is 0.110.